The minimum atomic E-state index is -0.401. The van der Waals surface area contributed by atoms with Gasteiger partial charge in [0, 0.05) is 17.9 Å². The van der Waals surface area contributed by atoms with Crippen molar-refractivity contribution in [2.24, 2.45) is 5.92 Å². The second-order valence-electron chi connectivity index (χ2n) is 5.87. The Morgan fingerprint density at radius 1 is 1.62 bits per heavy atom. The highest BCUT2D eigenvalue weighted by atomic mass is 32.1. The van der Waals surface area contributed by atoms with Crippen molar-refractivity contribution < 1.29 is 9.53 Å². The van der Waals surface area contributed by atoms with E-state index in [1.165, 1.54) is 16.0 Å². The number of hydrogen-bond acceptors (Lipinski definition) is 6. The molecule has 126 valence electrons. The van der Waals surface area contributed by atoms with Crippen molar-refractivity contribution in [1.82, 2.24) is 20.3 Å². The molecule has 3 rings (SSSR count). The van der Waals surface area contributed by atoms with Gasteiger partial charge in [0.1, 0.15) is 11.7 Å². The molecule has 3 atom stereocenters. The van der Waals surface area contributed by atoms with E-state index in [9.17, 15) is 4.79 Å². The van der Waals surface area contributed by atoms with Crippen LogP contribution in [0.25, 0.3) is 0 Å². The highest BCUT2D eigenvalue weighted by Crippen LogP contribution is 2.28. The summed E-state index contributed by atoms with van der Waals surface area (Å²) in [7, 11) is 0. The van der Waals surface area contributed by atoms with E-state index in [-0.39, 0.29) is 17.9 Å². The fourth-order valence-electron chi connectivity index (χ4n) is 2.76. The van der Waals surface area contributed by atoms with Crippen LogP contribution in [0.15, 0.2) is 23.0 Å². The van der Waals surface area contributed by atoms with Gasteiger partial charge in [-0.2, -0.15) is 16.6 Å². The monoisotopic (exact) mass is 345 g/mol. The van der Waals surface area contributed by atoms with Crippen molar-refractivity contribution in [3.05, 3.63) is 34.3 Å². The lowest BCUT2D eigenvalue weighted by molar-refractivity contribution is 0.0373. The van der Waals surface area contributed by atoms with E-state index in [0.29, 0.717) is 17.9 Å². The summed E-state index contributed by atoms with van der Waals surface area (Å²) in [6, 6.07) is 3.24. The van der Waals surface area contributed by atoms with E-state index in [2.05, 4.69) is 21.7 Å². The molecule has 2 aromatic rings. The molecule has 0 saturated carbocycles. The number of ether oxygens (including phenoxy) is 1. The summed E-state index contributed by atoms with van der Waals surface area (Å²) >= 11 is 1.48. The van der Waals surface area contributed by atoms with Gasteiger partial charge in [-0.25, -0.2) is 4.68 Å². The van der Waals surface area contributed by atoms with Crippen LogP contribution in [0.3, 0.4) is 0 Å². The Labute approximate surface area is 144 Å². The SMILES string of the molecule is CC(C#N)n1cc(C(NC(=O)c2ccsc2)C2CCCOC2)nn1. The van der Waals surface area contributed by atoms with Crippen LogP contribution in [0.5, 0.6) is 0 Å². The zero-order valence-electron chi connectivity index (χ0n) is 13.4. The molecule has 0 aliphatic carbocycles. The highest BCUT2D eigenvalue weighted by Gasteiger charge is 2.30. The average molecular weight is 345 g/mol. The molecule has 0 aromatic carbocycles. The number of carbonyl (C=O) groups is 1. The molecule has 1 amide bonds. The summed E-state index contributed by atoms with van der Waals surface area (Å²) in [5.74, 6) is 0.0126. The number of amides is 1. The maximum Gasteiger partial charge on any atom is 0.252 e. The molecule has 1 aliphatic heterocycles. The smallest absolute Gasteiger partial charge is 0.252 e. The molecule has 2 aromatic heterocycles. The predicted octanol–water partition coefficient (Wildman–Crippen LogP) is 2.32. The van der Waals surface area contributed by atoms with Gasteiger partial charge < -0.3 is 10.1 Å². The number of nitrogens with one attached hydrogen (secondary N) is 1. The van der Waals surface area contributed by atoms with E-state index in [1.807, 2.05) is 10.8 Å². The van der Waals surface area contributed by atoms with Crippen LogP contribution in [0, 0.1) is 17.2 Å². The van der Waals surface area contributed by atoms with Gasteiger partial charge >= 0.3 is 0 Å². The second-order valence-corrected chi connectivity index (χ2v) is 6.65. The fourth-order valence-corrected chi connectivity index (χ4v) is 3.40. The molecule has 0 spiro atoms. The third kappa shape index (κ3) is 3.63. The Balaban J connectivity index is 1.83. The van der Waals surface area contributed by atoms with Gasteiger partial charge in [-0.15, -0.1) is 5.10 Å². The number of nitrogens with zero attached hydrogens (tertiary/aromatic N) is 4. The number of hydrogen-bond donors (Lipinski definition) is 1. The molecule has 1 saturated heterocycles. The normalized spacial score (nSPS) is 20.1. The van der Waals surface area contributed by atoms with Gasteiger partial charge in [-0.3, -0.25) is 4.79 Å². The Bertz CT molecular complexity index is 715. The summed E-state index contributed by atoms with van der Waals surface area (Å²) in [5.41, 5.74) is 1.30. The van der Waals surface area contributed by atoms with Crippen molar-refractivity contribution in [3.63, 3.8) is 0 Å². The van der Waals surface area contributed by atoms with E-state index in [4.69, 9.17) is 10.00 Å². The van der Waals surface area contributed by atoms with Crippen LogP contribution in [0.4, 0.5) is 0 Å². The summed E-state index contributed by atoms with van der Waals surface area (Å²) in [5, 5.41) is 24.0. The van der Waals surface area contributed by atoms with Gasteiger partial charge in [-0.05, 0) is 31.2 Å². The van der Waals surface area contributed by atoms with Gasteiger partial charge in [0.2, 0.25) is 0 Å². The lowest BCUT2D eigenvalue weighted by Gasteiger charge is -2.29. The van der Waals surface area contributed by atoms with Crippen molar-refractivity contribution in [2.45, 2.75) is 31.8 Å². The van der Waals surface area contributed by atoms with Crippen LogP contribution in [-0.2, 0) is 4.74 Å². The Morgan fingerprint density at radius 3 is 3.17 bits per heavy atom. The molecule has 8 heteroatoms. The second kappa shape index (κ2) is 7.55. The van der Waals surface area contributed by atoms with E-state index in [1.54, 1.807) is 19.2 Å². The number of carbonyl (C=O) groups excluding carboxylic acids is 1. The zero-order valence-corrected chi connectivity index (χ0v) is 14.2. The van der Waals surface area contributed by atoms with E-state index < -0.39 is 6.04 Å². The minimum Gasteiger partial charge on any atom is -0.381 e. The highest BCUT2D eigenvalue weighted by molar-refractivity contribution is 7.08. The minimum absolute atomic E-state index is 0.130. The Kier molecular flexibility index (Phi) is 5.23. The molecular formula is C16H19N5O2S. The fraction of sp³-hybridized carbons (Fsp3) is 0.500. The Hall–Kier alpha value is -2.24. The lowest BCUT2D eigenvalue weighted by Crippen LogP contribution is -2.37. The van der Waals surface area contributed by atoms with Crippen LogP contribution in [-0.4, -0.2) is 34.1 Å². The molecule has 3 heterocycles. The third-order valence-corrected chi connectivity index (χ3v) is 4.85. The summed E-state index contributed by atoms with van der Waals surface area (Å²) < 4.78 is 7.09. The van der Waals surface area contributed by atoms with E-state index in [0.717, 1.165) is 19.4 Å². The van der Waals surface area contributed by atoms with Crippen LogP contribution in [0.2, 0.25) is 0 Å². The van der Waals surface area contributed by atoms with Crippen LogP contribution >= 0.6 is 11.3 Å². The molecular weight excluding hydrogens is 326 g/mol. The van der Waals surface area contributed by atoms with Crippen LogP contribution in [0.1, 0.15) is 47.9 Å². The van der Waals surface area contributed by atoms with Gasteiger partial charge in [0.05, 0.1) is 30.5 Å². The van der Waals surface area contributed by atoms with Gasteiger partial charge in [0.15, 0.2) is 0 Å². The molecule has 1 N–H and O–H groups in total. The zero-order chi connectivity index (χ0) is 16.9. The first kappa shape index (κ1) is 16.6. The first-order valence-corrected chi connectivity index (χ1v) is 8.85. The number of nitriles is 1. The topological polar surface area (TPSA) is 92.8 Å². The van der Waals surface area contributed by atoms with Crippen molar-refractivity contribution in [2.75, 3.05) is 13.2 Å². The molecule has 7 nitrogen and oxygen atoms in total. The van der Waals surface area contributed by atoms with E-state index >= 15 is 0 Å². The first-order valence-electron chi connectivity index (χ1n) is 7.91. The molecule has 24 heavy (non-hydrogen) atoms. The van der Waals surface area contributed by atoms with Gasteiger partial charge in [0.25, 0.3) is 5.91 Å². The molecule has 0 radical (unpaired) electrons. The first-order chi connectivity index (χ1) is 11.7. The third-order valence-electron chi connectivity index (χ3n) is 4.17. The summed E-state index contributed by atoms with van der Waals surface area (Å²) in [6.07, 6.45) is 3.65. The summed E-state index contributed by atoms with van der Waals surface area (Å²) in [6.45, 7) is 3.08. The lowest BCUT2D eigenvalue weighted by atomic mass is 9.91. The predicted molar refractivity (Wildman–Crippen MR) is 88.4 cm³/mol. The maximum absolute atomic E-state index is 12.5. The Morgan fingerprint density at radius 2 is 2.50 bits per heavy atom. The van der Waals surface area contributed by atoms with Crippen molar-refractivity contribution in [1.29, 1.82) is 5.26 Å². The summed E-state index contributed by atoms with van der Waals surface area (Å²) in [4.78, 5) is 12.5. The van der Waals surface area contributed by atoms with Crippen molar-refractivity contribution in [3.8, 4) is 6.07 Å². The van der Waals surface area contributed by atoms with Gasteiger partial charge in [-0.1, -0.05) is 5.21 Å². The maximum atomic E-state index is 12.5. The van der Waals surface area contributed by atoms with Crippen LogP contribution < -0.4 is 5.32 Å². The largest absolute Gasteiger partial charge is 0.381 e. The van der Waals surface area contributed by atoms with Crippen molar-refractivity contribution >= 4 is 17.2 Å². The average Bonchev–Trinajstić information content (AvgIpc) is 3.31. The molecule has 1 aliphatic rings. The standard InChI is InChI=1S/C16H19N5O2S/c1-11(7-17)21-8-14(19-20-21)15(12-3-2-5-23-9-12)18-16(22)13-4-6-24-10-13/h4,6,8,10-12,15H,2-3,5,9H2,1H3,(H,18,22). The number of thiophene rings is 1. The molecule has 1 fully saturated rings. The molecule has 3 unspecified atom stereocenters. The number of rotatable bonds is 5. The number of aromatic nitrogens is 3. The molecule has 0 bridgehead atoms. The quantitative estimate of drug-likeness (QED) is 0.898.